The van der Waals surface area contributed by atoms with Gasteiger partial charge in [-0.15, -0.1) is 0 Å². The Labute approximate surface area is 214 Å². The number of alkyl halides is 1. The standard InChI is InChI=1S/C27H45IO5/c1-4-5-6-9-12-16-27(31-18-19-32-27)17-15-22-23(25(29)20-24(22)28)13-10-7-8-11-14-26(30)33-21(2)3/h7,10,21-24H,4-6,8-9,11-20H2,1-3H3/t22-,23-,24-/m1/s1. The Hall–Kier alpha value is -0.470. The van der Waals surface area contributed by atoms with Crippen molar-refractivity contribution in [3.05, 3.63) is 12.2 Å². The second-order valence-corrected chi connectivity index (χ2v) is 11.5. The minimum atomic E-state index is -0.431. The Balaban J connectivity index is 1.78. The van der Waals surface area contributed by atoms with Crippen LogP contribution in [0.4, 0.5) is 0 Å². The molecule has 0 aromatic rings. The molecule has 1 aliphatic carbocycles. The lowest BCUT2D eigenvalue weighted by Crippen LogP contribution is -2.32. The largest absolute Gasteiger partial charge is 0.463 e. The van der Waals surface area contributed by atoms with Crippen LogP contribution >= 0.6 is 22.6 Å². The number of Topliss-reactive ketones (excluding diaryl/α,β-unsaturated/α-hetero) is 1. The number of ether oxygens (including phenoxy) is 3. The minimum absolute atomic E-state index is 0.0557. The molecule has 3 atom stereocenters. The quantitative estimate of drug-likeness (QED) is 0.0655. The van der Waals surface area contributed by atoms with Crippen molar-refractivity contribution in [1.82, 2.24) is 0 Å². The first-order valence-corrected chi connectivity index (χ1v) is 14.4. The first kappa shape index (κ1) is 28.8. The van der Waals surface area contributed by atoms with Crippen molar-refractivity contribution >= 4 is 34.3 Å². The van der Waals surface area contributed by atoms with Crippen LogP contribution in [0.2, 0.25) is 0 Å². The van der Waals surface area contributed by atoms with Gasteiger partial charge in [-0.1, -0.05) is 67.3 Å². The van der Waals surface area contributed by atoms with Crippen molar-refractivity contribution in [2.45, 2.75) is 120 Å². The average molecular weight is 577 g/mol. The van der Waals surface area contributed by atoms with Crippen molar-refractivity contribution < 1.29 is 23.8 Å². The number of hydrogen-bond acceptors (Lipinski definition) is 5. The van der Waals surface area contributed by atoms with Crippen LogP contribution in [-0.4, -0.2) is 40.8 Å². The number of carbonyl (C=O) groups is 2. The highest BCUT2D eigenvalue weighted by molar-refractivity contribution is 14.1. The summed E-state index contributed by atoms with van der Waals surface area (Å²) in [6.45, 7) is 7.34. The molecular weight excluding hydrogens is 531 g/mol. The molecule has 0 radical (unpaired) electrons. The fraction of sp³-hybridized carbons (Fsp3) is 0.852. The highest BCUT2D eigenvalue weighted by Crippen LogP contribution is 2.42. The fourth-order valence-corrected chi connectivity index (χ4v) is 6.31. The van der Waals surface area contributed by atoms with Crippen LogP contribution in [0.25, 0.3) is 0 Å². The summed E-state index contributed by atoms with van der Waals surface area (Å²) >= 11 is 2.47. The summed E-state index contributed by atoms with van der Waals surface area (Å²) in [5, 5.41) is 0. The molecule has 33 heavy (non-hydrogen) atoms. The lowest BCUT2D eigenvalue weighted by atomic mass is 9.86. The van der Waals surface area contributed by atoms with Gasteiger partial charge in [0.25, 0.3) is 0 Å². The summed E-state index contributed by atoms with van der Waals surface area (Å²) < 4.78 is 17.8. The molecule has 1 saturated carbocycles. The van der Waals surface area contributed by atoms with E-state index in [2.05, 4.69) is 41.7 Å². The first-order valence-electron chi connectivity index (χ1n) is 13.2. The fourth-order valence-electron chi connectivity index (χ4n) is 5.02. The van der Waals surface area contributed by atoms with Gasteiger partial charge < -0.3 is 14.2 Å². The molecule has 0 aromatic heterocycles. The topological polar surface area (TPSA) is 61.8 Å². The van der Waals surface area contributed by atoms with Crippen LogP contribution in [0, 0.1) is 11.8 Å². The molecule has 0 unspecified atom stereocenters. The van der Waals surface area contributed by atoms with Crippen molar-refractivity contribution in [3.63, 3.8) is 0 Å². The molecular formula is C27H45IO5. The molecule has 2 rings (SSSR count). The van der Waals surface area contributed by atoms with Gasteiger partial charge in [-0.2, -0.15) is 0 Å². The minimum Gasteiger partial charge on any atom is -0.463 e. The van der Waals surface area contributed by atoms with Crippen LogP contribution in [-0.2, 0) is 23.8 Å². The van der Waals surface area contributed by atoms with E-state index in [1.807, 2.05) is 13.8 Å². The number of carbonyl (C=O) groups excluding carboxylic acids is 2. The van der Waals surface area contributed by atoms with Crippen molar-refractivity contribution in [2.75, 3.05) is 13.2 Å². The number of hydrogen-bond donors (Lipinski definition) is 0. The van der Waals surface area contributed by atoms with Crippen LogP contribution in [0.3, 0.4) is 0 Å². The zero-order valence-corrected chi connectivity index (χ0v) is 23.1. The third-order valence-electron chi connectivity index (χ3n) is 6.80. The SMILES string of the molecule is CCCCCCCC1(CC[C@H]2[C@H](I)CC(=O)[C@@H]2CC=CCCCC(=O)OC(C)C)OCCO1. The molecule has 0 amide bonds. The Bertz CT molecular complexity index is 612. The summed E-state index contributed by atoms with van der Waals surface area (Å²) in [6, 6.07) is 0. The predicted octanol–water partition coefficient (Wildman–Crippen LogP) is 6.95. The van der Waals surface area contributed by atoms with Gasteiger partial charge >= 0.3 is 5.97 Å². The molecule has 1 aliphatic heterocycles. The predicted molar refractivity (Wildman–Crippen MR) is 140 cm³/mol. The van der Waals surface area contributed by atoms with Gasteiger partial charge in [0, 0.05) is 35.5 Å². The highest BCUT2D eigenvalue weighted by Gasteiger charge is 2.43. The summed E-state index contributed by atoms with van der Waals surface area (Å²) in [6.07, 6.45) is 16.8. The van der Waals surface area contributed by atoms with E-state index in [9.17, 15) is 9.59 Å². The summed E-state index contributed by atoms with van der Waals surface area (Å²) in [5.74, 6) is 0.309. The third kappa shape index (κ3) is 10.4. The molecule has 0 aromatic carbocycles. The number of unbranched alkanes of at least 4 members (excludes halogenated alkanes) is 5. The van der Waals surface area contributed by atoms with E-state index in [0.29, 0.717) is 41.7 Å². The number of esters is 1. The molecule has 0 bridgehead atoms. The number of allylic oxidation sites excluding steroid dienone is 2. The van der Waals surface area contributed by atoms with Gasteiger partial charge in [-0.05, 0) is 51.9 Å². The number of halogens is 1. The van der Waals surface area contributed by atoms with Crippen LogP contribution < -0.4 is 0 Å². The van der Waals surface area contributed by atoms with Crippen LogP contribution in [0.5, 0.6) is 0 Å². The summed E-state index contributed by atoms with van der Waals surface area (Å²) in [4.78, 5) is 24.3. The van der Waals surface area contributed by atoms with Crippen LogP contribution in [0.1, 0.15) is 104 Å². The maximum absolute atomic E-state index is 12.7. The van der Waals surface area contributed by atoms with Gasteiger partial charge in [0.2, 0.25) is 0 Å². The van der Waals surface area contributed by atoms with E-state index in [-0.39, 0.29) is 18.0 Å². The molecule has 190 valence electrons. The highest BCUT2D eigenvalue weighted by atomic mass is 127. The smallest absolute Gasteiger partial charge is 0.306 e. The maximum atomic E-state index is 12.7. The molecule has 1 saturated heterocycles. The summed E-state index contributed by atoms with van der Waals surface area (Å²) in [7, 11) is 0. The Morgan fingerprint density at radius 2 is 1.85 bits per heavy atom. The Kier molecular flexibility index (Phi) is 13.5. The van der Waals surface area contributed by atoms with E-state index in [4.69, 9.17) is 14.2 Å². The van der Waals surface area contributed by atoms with E-state index >= 15 is 0 Å². The molecule has 2 aliphatic rings. The number of rotatable bonds is 16. The lowest BCUT2D eigenvalue weighted by Gasteiger charge is -2.30. The van der Waals surface area contributed by atoms with Crippen molar-refractivity contribution in [1.29, 1.82) is 0 Å². The molecule has 1 heterocycles. The van der Waals surface area contributed by atoms with E-state index in [1.54, 1.807) is 0 Å². The van der Waals surface area contributed by atoms with Gasteiger partial charge in [0.05, 0.1) is 19.3 Å². The monoisotopic (exact) mass is 576 g/mol. The molecule has 6 heteroatoms. The van der Waals surface area contributed by atoms with Gasteiger partial charge in [0.1, 0.15) is 5.78 Å². The van der Waals surface area contributed by atoms with Crippen LogP contribution in [0.15, 0.2) is 12.2 Å². The van der Waals surface area contributed by atoms with Gasteiger partial charge in [-0.3, -0.25) is 9.59 Å². The Morgan fingerprint density at radius 3 is 2.55 bits per heavy atom. The molecule has 2 fully saturated rings. The van der Waals surface area contributed by atoms with Gasteiger partial charge in [0.15, 0.2) is 5.79 Å². The maximum Gasteiger partial charge on any atom is 0.306 e. The van der Waals surface area contributed by atoms with Crippen molar-refractivity contribution in [2.24, 2.45) is 11.8 Å². The second-order valence-electron chi connectivity index (χ2n) is 9.91. The summed E-state index contributed by atoms with van der Waals surface area (Å²) in [5.41, 5.74) is 0. The Morgan fingerprint density at radius 1 is 1.12 bits per heavy atom. The average Bonchev–Trinajstić information content (AvgIpc) is 3.33. The van der Waals surface area contributed by atoms with E-state index in [0.717, 1.165) is 44.9 Å². The molecule has 0 spiro atoms. The van der Waals surface area contributed by atoms with E-state index in [1.165, 1.54) is 25.7 Å². The normalized spacial score (nSPS) is 24.9. The second kappa shape index (κ2) is 15.5. The van der Waals surface area contributed by atoms with Crippen molar-refractivity contribution in [3.8, 4) is 0 Å². The molecule has 0 N–H and O–H groups in total. The van der Waals surface area contributed by atoms with Gasteiger partial charge in [-0.25, -0.2) is 0 Å². The third-order valence-corrected chi connectivity index (χ3v) is 8.16. The lowest BCUT2D eigenvalue weighted by molar-refractivity contribution is -0.170. The van der Waals surface area contributed by atoms with E-state index < -0.39 is 5.79 Å². The zero-order chi connectivity index (χ0) is 24.1. The molecule has 5 nitrogen and oxygen atoms in total. The number of ketones is 1. The zero-order valence-electron chi connectivity index (χ0n) is 21.0. The first-order chi connectivity index (χ1) is 15.9.